The SMILES string of the molecule is N#Cc1ccc(NCC2CNCC2c2ccc(Cl)cc2)nc1. The van der Waals surface area contributed by atoms with Crippen molar-refractivity contribution in [3.05, 3.63) is 58.7 Å². The van der Waals surface area contributed by atoms with Gasteiger partial charge in [0, 0.05) is 36.8 Å². The molecule has 2 heterocycles. The molecule has 0 saturated carbocycles. The van der Waals surface area contributed by atoms with E-state index in [-0.39, 0.29) is 0 Å². The number of hydrogen-bond acceptors (Lipinski definition) is 4. The molecule has 1 fully saturated rings. The Labute approximate surface area is 135 Å². The van der Waals surface area contributed by atoms with E-state index in [0.29, 0.717) is 17.4 Å². The van der Waals surface area contributed by atoms with Crippen LogP contribution in [0.3, 0.4) is 0 Å². The summed E-state index contributed by atoms with van der Waals surface area (Å²) in [5, 5.41) is 16.4. The van der Waals surface area contributed by atoms with Crippen LogP contribution in [0.4, 0.5) is 5.82 Å². The molecule has 0 bridgehead atoms. The van der Waals surface area contributed by atoms with Crippen molar-refractivity contribution in [3.8, 4) is 6.07 Å². The molecule has 0 spiro atoms. The first-order chi connectivity index (χ1) is 10.8. The van der Waals surface area contributed by atoms with Crippen LogP contribution in [0.15, 0.2) is 42.6 Å². The first-order valence-corrected chi connectivity index (χ1v) is 7.70. The van der Waals surface area contributed by atoms with Crippen molar-refractivity contribution in [2.75, 3.05) is 25.0 Å². The standard InChI is InChI=1S/C17H17ClN4/c18-15-4-2-13(3-5-15)16-11-20-9-14(16)10-22-17-6-1-12(7-19)8-21-17/h1-6,8,14,16,20H,9-11H2,(H,21,22). The molecule has 2 atom stereocenters. The van der Waals surface area contributed by atoms with Crippen molar-refractivity contribution >= 4 is 17.4 Å². The second-order valence-electron chi connectivity index (χ2n) is 5.50. The average Bonchev–Trinajstić information content (AvgIpc) is 3.02. The summed E-state index contributed by atoms with van der Waals surface area (Å²) in [6.45, 7) is 2.81. The molecule has 2 aromatic rings. The molecule has 3 rings (SSSR count). The fourth-order valence-electron chi connectivity index (χ4n) is 2.85. The highest BCUT2D eigenvalue weighted by atomic mass is 35.5. The van der Waals surface area contributed by atoms with Crippen molar-refractivity contribution < 1.29 is 0 Å². The van der Waals surface area contributed by atoms with Crippen LogP contribution in [-0.2, 0) is 0 Å². The summed E-state index contributed by atoms with van der Waals surface area (Å²) < 4.78 is 0. The zero-order valence-corrected chi connectivity index (χ0v) is 12.8. The molecule has 0 radical (unpaired) electrons. The number of aromatic nitrogens is 1. The Kier molecular flexibility index (Phi) is 4.57. The highest BCUT2D eigenvalue weighted by molar-refractivity contribution is 6.30. The first-order valence-electron chi connectivity index (χ1n) is 7.32. The zero-order valence-electron chi connectivity index (χ0n) is 12.1. The van der Waals surface area contributed by atoms with Crippen molar-refractivity contribution in [2.45, 2.75) is 5.92 Å². The molecule has 1 aromatic carbocycles. The van der Waals surface area contributed by atoms with E-state index >= 15 is 0 Å². The lowest BCUT2D eigenvalue weighted by atomic mass is 9.89. The van der Waals surface area contributed by atoms with Gasteiger partial charge in [0.25, 0.3) is 0 Å². The molecule has 1 saturated heterocycles. The van der Waals surface area contributed by atoms with Gasteiger partial charge < -0.3 is 10.6 Å². The fourth-order valence-corrected chi connectivity index (χ4v) is 2.97. The lowest BCUT2D eigenvalue weighted by molar-refractivity contribution is 0.545. The van der Waals surface area contributed by atoms with Gasteiger partial charge in [-0.1, -0.05) is 23.7 Å². The van der Waals surface area contributed by atoms with Crippen LogP contribution >= 0.6 is 11.6 Å². The third-order valence-corrected chi connectivity index (χ3v) is 4.33. The normalized spacial score (nSPS) is 20.5. The Morgan fingerprint density at radius 3 is 2.73 bits per heavy atom. The molecule has 4 nitrogen and oxygen atoms in total. The second kappa shape index (κ2) is 6.78. The van der Waals surface area contributed by atoms with Crippen LogP contribution in [0.25, 0.3) is 0 Å². The van der Waals surface area contributed by atoms with Crippen LogP contribution < -0.4 is 10.6 Å². The topological polar surface area (TPSA) is 60.7 Å². The quantitative estimate of drug-likeness (QED) is 0.911. The van der Waals surface area contributed by atoms with Gasteiger partial charge in [0.2, 0.25) is 0 Å². The Bertz CT molecular complexity index is 661. The minimum Gasteiger partial charge on any atom is -0.370 e. The van der Waals surface area contributed by atoms with Gasteiger partial charge in [-0.2, -0.15) is 5.26 Å². The Morgan fingerprint density at radius 1 is 1.23 bits per heavy atom. The van der Waals surface area contributed by atoms with Gasteiger partial charge in [0.05, 0.1) is 5.56 Å². The smallest absolute Gasteiger partial charge is 0.125 e. The van der Waals surface area contributed by atoms with E-state index in [1.807, 2.05) is 18.2 Å². The van der Waals surface area contributed by atoms with Crippen LogP contribution in [-0.4, -0.2) is 24.6 Å². The number of benzene rings is 1. The number of nitrogens with zero attached hydrogens (tertiary/aromatic N) is 2. The van der Waals surface area contributed by atoms with E-state index < -0.39 is 0 Å². The Hall–Kier alpha value is -2.09. The monoisotopic (exact) mass is 312 g/mol. The number of hydrogen-bond donors (Lipinski definition) is 2. The molecule has 1 aromatic heterocycles. The van der Waals surface area contributed by atoms with Crippen LogP contribution in [0.5, 0.6) is 0 Å². The minimum atomic E-state index is 0.475. The van der Waals surface area contributed by atoms with Gasteiger partial charge in [-0.05, 0) is 35.7 Å². The third-order valence-electron chi connectivity index (χ3n) is 4.08. The van der Waals surface area contributed by atoms with Gasteiger partial charge in [-0.15, -0.1) is 0 Å². The number of pyridine rings is 1. The lowest BCUT2D eigenvalue weighted by Gasteiger charge is -2.19. The minimum absolute atomic E-state index is 0.475. The van der Waals surface area contributed by atoms with Gasteiger partial charge in [0.15, 0.2) is 0 Å². The van der Waals surface area contributed by atoms with Crippen molar-refractivity contribution in [3.63, 3.8) is 0 Å². The molecule has 1 aliphatic rings. The van der Waals surface area contributed by atoms with Crippen molar-refractivity contribution in [2.24, 2.45) is 5.92 Å². The fraction of sp³-hybridized carbons (Fsp3) is 0.294. The molecule has 112 valence electrons. The maximum atomic E-state index is 8.78. The van der Waals surface area contributed by atoms with E-state index in [1.165, 1.54) is 5.56 Å². The third kappa shape index (κ3) is 3.38. The maximum Gasteiger partial charge on any atom is 0.125 e. The maximum absolute atomic E-state index is 8.78. The van der Waals surface area contributed by atoms with Crippen LogP contribution in [0.1, 0.15) is 17.0 Å². The number of halogens is 1. The molecule has 2 N–H and O–H groups in total. The molecule has 22 heavy (non-hydrogen) atoms. The number of rotatable bonds is 4. The molecule has 0 aliphatic carbocycles. The van der Waals surface area contributed by atoms with E-state index in [0.717, 1.165) is 30.5 Å². The number of nitrogens with one attached hydrogen (secondary N) is 2. The highest BCUT2D eigenvalue weighted by Gasteiger charge is 2.28. The Morgan fingerprint density at radius 2 is 2.05 bits per heavy atom. The summed E-state index contributed by atoms with van der Waals surface area (Å²) in [7, 11) is 0. The van der Waals surface area contributed by atoms with Crippen LogP contribution in [0.2, 0.25) is 5.02 Å². The lowest BCUT2D eigenvalue weighted by Crippen LogP contribution is -2.21. The largest absolute Gasteiger partial charge is 0.370 e. The number of nitriles is 1. The van der Waals surface area contributed by atoms with Crippen molar-refractivity contribution in [1.82, 2.24) is 10.3 Å². The summed E-state index contributed by atoms with van der Waals surface area (Å²) in [6.07, 6.45) is 1.59. The number of anilines is 1. The van der Waals surface area contributed by atoms with E-state index in [9.17, 15) is 0 Å². The first kappa shape index (κ1) is 14.8. The zero-order chi connectivity index (χ0) is 15.4. The molecule has 5 heteroatoms. The predicted molar refractivity (Wildman–Crippen MR) is 88.0 cm³/mol. The summed E-state index contributed by atoms with van der Waals surface area (Å²) >= 11 is 5.96. The van der Waals surface area contributed by atoms with Crippen LogP contribution in [0, 0.1) is 17.2 Å². The van der Waals surface area contributed by atoms with Crippen molar-refractivity contribution in [1.29, 1.82) is 5.26 Å². The summed E-state index contributed by atoms with van der Waals surface area (Å²) in [5.74, 6) is 1.78. The Balaban J connectivity index is 1.63. The molecule has 0 amide bonds. The van der Waals surface area contributed by atoms with Gasteiger partial charge >= 0.3 is 0 Å². The van der Waals surface area contributed by atoms with E-state index in [4.69, 9.17) is 16.9 Å². The summed E-state index contributed by atoms with van der Waals surface area (Å²) in [5.41, 5.74) is 1.89. The average molecular weight is 313 g/mol. The molecular formula is C17H17ClN4. The molecule has 2 unspecified atom stereocenters. The van der Waals surface area contributed by atoms with Gasteiger partial charge in [0.1, 0.15) is 11.9 Å². The predicted octanol–water partition coefficient (Wildman–Crippen LogP) is 3.02. The highest BCUT2D eigenvalue weighted by Crippen LogP contribution is 2.29. The van der Waals surface area contributed by atoms with E-state index in [1.54, 1.807) is 12.3 Å². The second-order valence-corrected chi connectivity index (χ2v) is 5.94. The van der Waals surface area contributed by atoms with Gasteiger partial charge in [-0.25, -0.2) is 4.98 Å². The molecule has 1 aliphatic heterocycles. The summed E-state index contributed by atoms with van der Waals surface area (Å²) in [4.78, 5) is 4.25. The van der Waals surface area contributed by atoms with Gasteiger partial charge in [-0.3, -0.25) is 0 Å². The molecular weight excluding hydrogens is 296 g/mol. The summed E-state index contributed by atoms with van der Waals surface area (Å²) in [6, 6.07) is 13.8. The van der Waals surface area contributed by atoms with E-state index in [2.05, 4.69) is 33.8 Å².